The Morgan fingerprint density at radius 3 is 2.56 bits per heavy atom. The zero-order valence-corrected chi connectivity index (χ0v) is 18.3. The molecule has 0 bridgehead atoms. The second kappa shape index (κ2) is 8.66. The van der Waals surface area contributed by atoms with Crippen molar-refractivity contribution in [3.63, 3.8) is 0 Å². The molecule has 3 N–H and O–H groups in total. The van der Waals surface area contributed by atoms with E-state index in [2.05, 4.69) is 32.2 Å². The van der Waals surface area contributed by atoms with E-state index >= 15 is 0 Å². The van der Waals surface area contributed by atoms with Crippen LogP contribution >= 0.6 is 0 Å². The smallest absolute Gasteiger partial charge is 0.229 e. The van der Waals surface area contributed by atoms with E-state index in [1.807, 2.05) is 23.1 Å². The Balaban J connectivity index is 1.32. The largest absolute Gasteiger partial charge is 0.459 e. The van der Waals surface area contributed by atoms with Crippen LogP contribution in [-0.2, 0) is 4.79 Å². The summed E-state index contributed by atoms with van der Waals surface area (Å²) in [4.78, 5) is 27.3. The lowest BCUT2D eigenvalue weighted by molar-refractivity contribution is -0.129. The third-order valence-electron chi connectivity index (χ3n) is 6.26. The van der Waals surface area contributed by atoms with Crippen molar-refractivity contribution in [3.05, 3.63) is 36.6 Å². The average Bonchev–Trinajstić information content (AvgIpc) is 3.28. The summed E-state index contributed by atoms with van der Waals surface area (Å²) in [6, 6.07) is 10.3. The van der Waals surface area contributed by atoms with Gasteiger partial charge in [0.1, 0.15) is 5.52 Å². The van der Waals surface area contributed by atoms with E-state index in [-0.39, 0.29) is 11.9 Å². The fraction of sp³-hybridized carbons (Fsp3) is 0.435. The van der Waals surface area contributed by atoms with Gasteiger partial charge < -0.3 is 30.2 Å². The highest BCUT2D eigenvalue weighted by molar-refractivity contribution is 5.85. The number of nitrogens with two attached hydrogens (primary N) is 1. The number of piperazine rings is 1. The number of benzene rings is 1. The predicted molar refractivity (Wildman–Crippen MR) is 125 cm³/mol. The number of nitrogens with one attached hydrogen (secondary N) is 1. The summed E-state index contributed by atoms with van der Waals surface area (Å²) in [5.74, 6) is 1.47. The van der Waals surface area contributed by atoms with Crippen LogP contribution in [0.25, 0.3) is 11.1 Å². The normalized spacial score (nSPS) is 19.4. The Morgan fingerprint density at radius 1 is 1.06 bits per heavy atom. The van der Waals surface area contributed by atoms with Crippen LogP contribution in [0.3, 0.4) is 0 Å². The summed E-state index contributed by atoms with van der Waals surface area (Å²) >= 11 is 0. The van der Waals surface area contributed by atoms with Crippen molar-refractivity contribution in [2.75, 3.05) is 54.4 Å². The zero-order chi connectivity index (χ0) is 22.1. The standard InChI is InChI=1S/C23H29N7O2/c1-16(31)28-10-12-29(13-11-28)19-6-4-18(5-7-19)25-23-26-20-8-14-32-21(20)22(27-23)30-9-2-3-17(24)15-30/h4-8,14,17H,2-3,9-13,15,24H2,1H3,(H,25,26,27)/t17-/m0/s1. The molecule has 1 amide bonds. The summed E-state index contributed by atoms with van der Waals surface area (Å²) in [6.07, 6.45) is 3.72. The number of nitrogens with zero attached hydrogens (tertiary/aromatic N) is 5. The van der Waals surface area contributed by atoms with Crippen molar-refractivity contribution in [1.82, 2.24) is 14.9 Å². The van der Waals surface area contributed by atoms with E-state index in [9.17, 15) is 4.79 Å². The fourth-order valence-electron chi connectivity index (χ4n) is 4.48. The van der Waals surface area contributed by atoms with Gasteiger partial charge in [0.25, 0.3) is 0 Å². The topological polar surface area (TPSA) is 104 Å². The van der Waals surface area contributed by atoms with Crippen LogP contribution in [0.15, 0.2) is 41.0 Å². The maximum atomic E-state index is 11.5. The van der Waals surface area contributed by atoms with Gasteiger partial charge in [-0.25, -0.2) is 4.98 Å². The molecule has 3 aromatic rings. The third-order valence-corrected chi connectivity index (χ3v) is 6.26. The molecule has 0 unspecified atom stereocenters. The highest BCUT2D eigenvalue weighted by atomic mass is 16.3. The van der Waals surface area contributed by atoms with Crippen LogP contribution in [-0.4, -0.2) is 66.1 Å². The number of hydrogen-bond acceptors (Lipinski definition) is 8. The van der Waals surface area contributed by atoms with Crippen LogP contribution < -0.4 is 20.9 Å². The highest BCUT2D eigenvalue weighted by Gasteiger charge is 2.23. The van der Waals surface area contributed by atoms with Crippen molar-refractivity contribution in [2.24, 2.45) is 5.73 Å². The predicted octanol–water partition coefficient (Wildman–Crippen LogP) is 2.56. The Kier molecular flexibility index (Phi) is 5.57. The first-order valence-corrected chi connectivity index (χ1v) is 11.2. The molecule has 4 heterocycles. The van der Waals surface area contributed by atoms with Gasteiger partial charge in [-0.15, -0.1) is 0 Å². The molecule has 2 fully saturated rings. The summed E-state index contributed by atoms with van der Waals surface area (Å²) < 4.78 is 5.68. The number of carbonyl (C=O) groups excluding carboxylic acids is 1. The monoisotopic (exact) mass is 435 g/mol. The van der Waals surface area contributed by atoms with Gasteiger partial charge in [0.2, 0.25) is 11.9 Å². The number of aromatic nitrogens is 2. The molecule has 2 saturated heterocycles. The average molecular weight is 436 g/mol. The molecule has 0 saturated carbocycles. The van der Waals surface area contributed by atoms with E-state index in [4.69, 9.17) is 15.1 Å². The van der Waals surface area contributed by atoms with Gasteiger partial charge in [-0.3, -0.25) is 4.79 Å². The molecule has 2 aliphatic rings. The SMILES string of the molecule is CC(=O)N1CCN(c2ccc(Nc3nc(N4CCC[C@H](N)C4)c4occc4n3)cc2)CC1. The lowest BCUT2D eigenvalue weighted by Crippen LogP contribution is -2.48. The Hall–Kier alpha value is -3.33. The van der Waals surface area contributed by atoms with Gasteiger partial charge in [0.15, 0.2) is 11.4 Å². The summed E-state index contributed by atoms with van der Waals surface area (Å²) in [6.45, 7) is 6.50. The maximum absolute atomic E-state index is 11.5. The molecule has 0 spiro atoms. The molecule has 9 nitrogen and oxygen atoms in total. The lowest BCUT2D eigenvalue weighted by Gasteiger charge is -2.35. The van der Waals surface area contributed by atoms with Gasteiger partial charge in [-0.05, 0) is 37.1 Å². The van der Waals surface area contributed by atoms with Crippen LogP contribution in [0.1, 0.15) is 19.8 Å². The molecule has 5 rings (SSSR count). The summed E-state index contributed by atoms with van der Waals surface area (Å²) in [5, 5.41) is 3.34. The van der Waals surface area contributed by atoms with E-state index in [1.165, 1.54) is 0 Å². The van der Waals surface area contributed by atoms with Crippen LogP contribution in [0.4, 0.5) is 23.1 Å². The lowest BCUT2D eigenvalue weighted by atomic mass is 10.1. The molecule has 0 aliphatic carbocycles. The van der Waals surface area contributed by atoms with Gasteiger partial charge in [0.05, 0.1) is 6.26 Å². The number of fused-ring (bicyclic) bond motifs is 1. The van der Waals surface area contributed by atoms with Crippen molar-refractivity contribution in [1.29, 1.82) is 0 Å². The second-order valence-corrected chi connectivity index (χ2v) is 8.52. The van der Waals surface area contributed by atoms with Crippen LogP contribution in [0, 0.1) is 0 Å². The maximum Gasteiger partial charge on any atom is 0.229 e. The number of hydrogen-bond donors (Lipinski definition) is 2. The minimum absolute atomic E-state index is 0.143. The van der Waals surface area contributed by atoms with Crippen molar-refractivity contribution < 1.29 is 9.21 Å². The first-order chi connectivity index (χ1) is 15.6. The molecule has 168 valence electrons. The molecule has 32 heavy (non-hydrogen) atoms. The number of carbonyl (C=O) groups is 1. The minimum Gasteiger partial charge on any atom is -0.459 e. The van der Waals surface area contributed by atoms with E-state index < -0.39 is 0 Å². The van der Waals surface area contributed by atoms with Crippen molar-refractivity contribution in [3.8, 4) is 0 Å². The zero-order valence-electron chi connectivity index (χ0n) is 18.3. The first-order valence-electron chi connectivity index (χ1n) is 11.2. The van der Waals surface area contributed by atoms with Crippen LogP contribution in [0.5, 0.6) is 0 Å². The number of anilines is 4. The minimum atomic E-state index is 0.143. The highest BCUT2D eigenvalue weighted by Crippen LogP contribution is 2.29. The van der Waals surface area contributed by atoms with Gasteiger partial charge in [-0.1, -0.05) is 0 Å². The number of furan rings is 1. The van der Waals surface area contributed by atoms with Crippen molar-refractivity contribution >= 4 is 40.1 Å². The number of amides is 1. The molecule has 0 radical (unpaired) electrons. The molecule has 1 aromatic carbocycles. The van der Waals surface area contributed by atoms with Gasteiger partial charge in [0, 0.05) is 69.7 Å². The van der Waals surface area contributed by atoms with E-state index in [0.717, 1.165) is 74.8 Å². The molecular formula is C23H29N7O2. The Morgan fingerprint density at radius 2 is 1.84 bits per heavy atom. The molecule has 2 aliphatic heterocycles. The molecule has 1 atom stereocenters. The number of piperidine rings is 1. The summed E-state index contributed by atoms with van der Waals surface area (Å²) in [7, 11) is 0. The first kappa shape index (κ1) is 20.6. The summed E-state index contributed by atoms with van der Waals surface area (Å²) in [5.41, 5.74) is 9.72. The van der Waals surface area contributed by atoms with Gasteiger partial charge >= 0.3 is 0 Å². The third kappa shape index (κ3) is 4.20. The van der Waals surface area contributed by atoms with Crippen molar-refractivity contribution in [2.45, 2.75) is 25.8 Å². The van der Waals surface area contributed by atoms with Crippen LogP contribution in [0.2, 0.25) is 0 Å². The van der Waals surface area contributed by atoms with E-state index in [0.29, 0.717) is 11.5 Å². The quantitative estimate of drug-likeness (QED) is 0.644. The molecule has 9 heteroatoms. The second-order valence-electron chi connectivity index (χ2n) is 8.52. The van der Waals surface area contributed by atoms with E-state index in [1.54, 1.807) is 13.2 Å². The molecule has 2 aromatic heterocycles. The number of rotatable bonds is 4. The Labute approximate surface area is 187 Å². The Bertz CT molecular complexity index is 1090. The van der Waals surface area contributed by atoms with Gasteiger partial charge in [-0.2, -0.15) is 4.98 Å². The molecular weight excluding hydrogens is 406 g/mol. The fourth-order valence-corrected chi connectivity index (χ4v) is 4.48.